The lowest BCUT2D eigenvalue weighted by Crippen LogP contribution is -2.21. The third-order valence-corrected chi connectivity index (χ3v) is 3.87. The lowest BCUT2D eigenvalue weighted by Gasteiger charge is -2.25. The van der Waals surface area contributed by atoms with Crippen molar-refractivity contribution in [3.8, 4) is 5.75 Å². The molecule has 0 N–H and O–H groups in total. The molecule has 0 bridgehead atoms. The van der Waals surface area contributed by atoms with E-state index in [2.05, 4.69) is 4.99 Å². The smallest absolute Gasteiger partial charge is 0.235 e. The molecule has 4 nitrogen and oxygen atoms in total. The highest BCUT2D eigenvalue weighted by atomic mass is 19.1. The molecule has 5 heteroatoms. The molecule has 2 rings (SSSR count). The van der Waals surface area contributed by atoms with Gasteiger partial charge in [-0.3, -0.25) is 0 Å². The molecule has 0 amide bonds. The van der Waals surface area contributed by atoms with Gasteiger partial charge >= 0.3 is 0 Å². The van der Waals surface area contributed by atoms with Gasteiger partial charge in [0, 0.05) is 18.2 Å². The van der Waals surface area contributed by atoms with Crippen molar-refractivity contribution in [2.24, 2.45) is 4.99 Å². The molecule has 20 heavy (non-hydrogen) atoms. The number of benzene rings is 1. The van der Waals surface area contributed by atoms with Gasteiger partial charge in [-0.05, 0) is 12.8 Å². The summed E-state index contributed by atoms with van der Waals surface area (Å²) in [5.41, 5.74) is 0.356. The van der Waals surface area contributed by atoms with Gasteiger partial charge in [-0.25, -0.2) is 9.18 Å². The second kappa shape index (κ2) is 6.16. The van der Waals surface area contributed by atoms with Gasteiger partial charge in [0.15, 0.2) is 11.6 Å². The normalized spacial score (nSPS) is 16.8. The van der Waals surface area contributed by atoms with Crippen molar-refractivity contribution in [1.29, 1.82) is 0 Å². The third kappa shape index (κ3) is 2.47. The minimum Gasteiger partial charge on any atom is -0.493 e. The van der Waals surface area contributed by atoms with E-state index in [-0.39, 0.29) is 12.4 Å². The maximum atomic E-state index is 14.4. The fourth-order valence-electron chi connectivity index (χ4n) is 2.92. The van der Waals surface area contributed by atoms with Gasteiger partial charge < -0.3 is 9.47 Å². The molecular weight excluding hydrogens is 261 g/mol. The number of methoxy groups -OCH3 is 2. The summed E-state index contributed by atoms with van der Waals surface area (Å²) >= 11 is 0. The van der Waals surface area contributed by atoms with Crippen LogP contribution >= 0.6 is 0 Å². The molecule has 0 unspecified atom stereocenters. The van der Waals surface area contributed by atoms with Gasteiger partial charge in [0.25, 0.3) is 0 Å². The van der Waals surface area contributed by atoms with Crippen LogP contribution in [0.15, 0.2) is 17.1 Å². The molecule has 0 radical (unpaired) electrons. The van der Waals surface area contributed by atoms with E-state index in [0.717, 1.165) is 12.8 Å². The third-order valence-electron chi connectivity index (χ3n) is 3.87. The Hall–Kier alpha value is -1.71. The lowest BCUT2D eigenvalue weighted by atomic mass is 9.87. The van der Waals surface area contributed by atoms with Crippen LogP contribution in [0.2, 0.25) is 0 Å². The molecule has 1 aromatic carbocycles. The number of ether oxygens (including phenoxy) is 2. The highest BCUT2D eigenvalue weighted by Crippen LogP contribution is 2.46. The molecule has 0 spiro atoms. The predicted octanol–water partition coefficient (Wildman–Crippen LogP) is 3.09. The van der Waals surface area contributed by atoms with Crippen molar-refractivity contribution in [2.75, 3.05) is 14.2 Å². The fourth-order valence-corrected chi connectivity index (χ4v) is 2.92. The summed E-state index contributed by atoms with van der Waals surface area (Å²) in [6.45, 7) is 0.173. The maximum absolute atomic E-state index is 14.4. The zero-order valence-corrected chi connectivity index (χ0v) is 11.7. The zero-order valence-electron chi connectivity index (χ0n) is 11.7. The molecule has 0 heterocycles. The molecule has 1 aliphatic carbocycles. The Morgan fingerprint density at radius 3 is 2.60 bits per heavy atom. The van der Waals surface area contributed by atoms with Gasteiger partial charge in [-0.1, -0.05) is 25.0 Å². The first-order valence-corrected chi connectivity index (χ1v) is 6.62. The molecule has 0 saturated heterocycles. The van der Waals surface area contributed by atoms with Gasteiger partial charge in [0.1, 0.15) is 5.54 Å². The predicted molar refractivity (Wildman–Crippen MR) is 71.9 cm³/mol. The second-order valence-corrected chi connectivity index (χ2v) is 4.99. The van der Waals surface area contributed by atoms with Crippen LogP contribution in [-0.4, -0.2) is 20.3 Å². The van der Waals surface area contributed by atoms with E-state index < -0.39 is 11.4 Å². The molecule has 1 fully saturated rings. The number of nitrogens with zero attached hydrogens (tertiary/aromatic N) is 1. The Labute approximate surface area is 117 Å². The van der Waals surface area contributed by atoms with E-state index in [9.17, 15) is 9.18 Å². The number of rotatable bonds is 5. The molecule has 1 aliphatic rings. The Balaban J connectivity index is 2.55. The number of hydrogen-bond acceptors (Lipinski definition) is 4. The lowest BCUT2D eigenvalue weighted by molar-refractivity contribution is 0.180. The van der Waals surface area contributed by atoms with E-state index in [1.54, 1.807) is 18.2 Å². The van der Waals surface area contributed by atoms with Gasteiger partial charge in [-0.2, -0.15) is 4.99 Å². The molecule has 1 aromatic rings. The number of carbonyl (C=O) groups excluding carboxylic acids is 1. The monoisotopic (exact) mass is 279 g/mol. The van der Waals surface area contributed by atoms with Crippen LogP contribution in [0.25, 0.3) is 0 Å². The van der Waals surface area contributed by atoms with Crippen LogP contribution < -0.4 is 4.74 Å². The van der Waals surface area contributed by atoms with Crippen LogP contribution in [0.1, 0.15) is 36.8 Å². The van der Waals surface area contributed by atoms with E-state index in [1.807, 2.05) is 0 Å². The first kappa shape index (κ1) is 14.7. The zero-order chi connectivity index (χ0) is 14.6. The maximum Gasteiger partial charge on any atom is 0.235 e. The van der Waals surface area contributed by atoms with Crippen LogP contribution in [0.5, 0.6) is 5.75 Å². The second-order valence-electron chi connectivity index (χ2n) is 4.99. The largest absolute Gasteiger partial charge is 0.493 e. The number of hydrogen-bond donors (Lipinski definition) is 0. The summed E-state index contributed by atoms with van der Waals surface area (Å²) in [5, 5.41) is 0. The minimum atomic E-state index is -0.695. The molecule has 1 saturated carbocycles. The van der Waals surface area contributed by atoms with Crippen molar-refractivity contribution >= 4 is 6.08 Å². The van der Waals surface area contributed by atoms with Crippen LogP contribution in [-0.2, 0) is 21.7 Å². The Morgan fingerprint density at radius 2 is 2.05 bits per heavy atom. The summed E-state index contributed by atoms with van der Waals surface area (Å²) in [5.74, 6) is -0.292. The first-order valence-electron chi connectivity index (χ1n) is 6.62. The number of isocyanates is 1. The SMILES string of the molecule is COCc1ccc(C2(N=C=O)CCCC2)c(OC)c1F. The molecule has 108 valence electrons. The van der Waals surface area contributed by atoms with Crippen molar-refractivity contribution in [2.45, 2.75) is 37.8 Å². The van der Waals surface area contributed by atoms with Crippen LogP contribution in [0.3, 0.4) is 0 Å². The summed E-state index contributed by atoms with van der Waals surface area (Å²) in [6.07, 6.45) is 4.96. The minimum absolute atomic E-state index is 0.153. The van der Waals surface area contributed by atoms with Crippen LogP contribution in [0, 0.1) is 5.82 Å². The molecule has 0 atom stereocenters. The number of aliphatic imine (C=N–C) groups is 1. The highest BCUT2D eigenvalue weighted by molar-refractivity contribution is 5.47. The van der Waals surface area contributed by atoms with Gasteiger partial charge in [0.2, 0.25) is 6.08 Å². The van der Waals surface area contributed by atoms with E-state index in [1.165, 1.54) is 14.2 Å². The van der Waals surface area contributed by atoms with E-state index in [4.69, 9.17) is 9.47 Å². The van der Waals surface area contributed by atoms with Crippen molar-refractivity contribution in [3.63, 3.8) is 0 Å². The molecular formula is C15H18FNO3. The summed E-state index contributed by atoms with van der Waals surface area (Å²) in [6, 6.07) is 3.44. The van der Waals surface area contributed by atoms with Crippen molar-refractivity contribution in [1.82, 2.24) is 0 Å². The fraction of sp³-hybridized carbons (Fsp3) is 0.533. The average molecular weight is 279 g/mol. The number of halogens is 1. The van der Waals surface area contributed by atoms with E-state index in [0.29, 0.717) is 24.0 Å². The topological polar surface area (TPSA) is 47.9 Å². The Morgan fingerprint density at radius 1 is 1.35 bits per heavy atom. The quantitative estimate of drug-likeness (QED) is 0.614. The summed E-state index contributed by atoms with van der Waals surface area (Å²) in [7, 11) is 2.93. The van der Waals surface area contributed by atoms with Gasteiger partial charge in [-0.15, -0.1) is 0 Å². The summed E-state index contributed by atoms with van der Waals surface area (Å²) in [4.78, 5) is 14.7. The van der Waals surface area contributed by atoms with Crippen LogP contribution in [0.4, 0.5) is 4.39 Å². The van der Waals surface area contributed by atoms with E-state index >= 15 is 0 Å². The van der Waals surface area contributed by atoms with Gasteiger partial charge in [0.05, 0.1) is 13.7 Å². The Bertz CT molecular complexity index is 532. The first-order chi connectivity index (χ1) is 9.68. The van der Waals surface area contributed by atoms with Crippen molar-refractivity contribution in [3.05, 3.63) is 29.1 Å². The van der Waals surface area contributed by atoms with Crippen molar-refractivity contribution < 1.29 is 18.7 Å². The standard InChI is InChI=1S/C15H18FNO3/c1-19-9-11-5-6-12(14(20-2)13(11)16)15(17-10-18)7-3-4-8-15/h5-6H,3-4,7-9H2,1-2H3. The molecule has 0 aliphatic heterocycles. The Kier molecular flexibility index (Phi) is 4.53. The highest BCUT2D eigenvalue weighted by Gasteiger charge is 2.39. The molecule has 0 aromatic heterocycles. The average Bonchev–Trinajstić information content (AvgIpc) is 2.91. The summed E-state index contributed by atoms with van der Waals surface area (Å²) < 4.78 is 24.6.